The lowest BCUT2D eigenvalue weighted by atomic mass is 9.90. The molecule has 1 aromatic rings. The molecule has 5 heteroatoms. The van der Waals surface area contributed by atoms with E-state index in [1.165, 1.54) is 29.7 Å². The lowest BCUT2D eigenvalue weighted by molar-refractivity contribution is 0.00613. The molecular weight excluding hydrogens is 398 g/mol. The zero-order valence-corrected chi connectivity index (χ0v) is 19.4. The Kier molecular flexibility index (Phi) is 6.01. The molecule has 4 atom stereocenters. The number of rotatable bonds is 6. The van der Waals surface area contributed by atoms with Crippen molar-refractivity contribution < 1.29 is 10.2 Å². The molecule has 3 aliphatic carbocycles. The molecule has 2 fully saturated rings. The number of piperidine rings is 1. The van der Waals surface area contributed by atoms with E-state index in [2.05, 4.69) is 58.8 Å². The van der Waals surface area contributed by atoms with E-state index in [1.54, 1.807) is 0 Å². The minimum atomic E-state index is -0.598. The van der Waals surface area contributed by atoms with Gasteiger partial charge in [0.05, 0.1) is 0 Å². The predicted octanol–water partition coefficient (Wildman–Crippen LogP) is 3.42. The molecule has 5 nitrogen and oxygen atoms in total. The molecule has 0 aromatic heterocycles. The van der Waals surface area contributed by atoms with E-state index in [1.807, 2.05) is 19.0 Å². The highest BCUT2D eigenvalue weighted by Crippen LogP contribution is 2.55. The summed E-state index contributed by atoms with van der Waals surface area (Å²) >= 11 is 0. The zero-order valence-electron chi connectivity index (χ0n) is 19.4. The number of benzene rings is 1. The molecule has 4 aliphatic rings. The number of hydrogen-bond acceptors (Lipinski definition) is 5. The molecule has 1 heterocycles. The van der Waals surface area contributed by atoms with E-state index in [-0.39, 0.29) is 5.92 Å². The number of aliphatic hydroxyl groups is 2. The smallest absolute Gasteiger partial charge is 0.131 e. The van der Waals surface area contributed by atoms with Crippen LogP contribution in [0, 0.1) is 11.3 Å². The molecule has 1 aliphatic heterocycles. The Balaban J connectivity index is 1.15. The van der Waals surface area contributed by atoms with Gasteiger partial charge in [-0.3, -0.25) is 10.2 Å². The Bertz CT molecular complexity index is 927. The number of aryl methyl sites for hydroxylation is 1. The summed E-state index contributed by atoms with van der Waals surface area (Å²) in [4.78, 5) is 4.36. The minimum absolute atomic E-state index is 0.168. The molecule has 1 spiro atoms. The van der Waals surface area contributed by atoms with Crippen LogP contribution in [-0.4, -0.2) is 59.5 Å². The molecule has 1 saturated heterocycles. The second-order valence-electron chi connectivity index (χ2n) is 10.3. The molecule has 1 aromatic carbocycles. The van der Waals surface area contributed by atoms with E-state index in [9.17, 15) is 10.2 Å². The van der Waals surface area contributed by atoms with Crippen LogP contribution >= 0.6 is 0 Å². The summed E-state index contributed by atoms with van der Waals surface area (Å²) in [5.41, 5.74) is 5.21. The van der Waals surface area contributed by atoms with Crippen LogP contribution in [0.25, 0.3) is 6.08 Å². The van der Waals surface area contributed by atoms with Crippen molar-refractivity contribution in [3.05, 3.63) is 64.9 Å². The number of allylic oxidation sites excluding steroid dienone is 3. The van der Waals surface area contributed by atoms with Gasteiger partial charge in [-0.05, 0) is 75.2 Å². The van der Waals surface area contributed by atoms with Crippen molar-refractivity contribution in [3.8, 4) is 0 Å². The highest BCUT2D eigenvalue weighted by molar-refractivity contribution is 5.60. The Labute approximate surface area is 192 Å². The van der Waals surface area contributed by atoms with Crippen LogP contribution in [0.1, 0.15) is 55.0 Å². The van der Waals surface area contributed by atoms with Crippen molar-refractivity contribution in [2.45, 2.75) is 57.0 Å². The Morgan fingerprint density at radius 3 is 2.69 bits per heavy atom. The molecule has 32 heavy (non-hydrogen) atoms. The predicted molar refractivity (Wildman–Crippen MR) is 129 cm³/mol. The lowest BCUT2D eigenvalue weighted by Crippen LogP contribution is -2.38. The lowest BCUT2D eigenvalue weighted by Gasteiger charge is -2.37. The first kappa shape index (κ1) is 21.9. The van der Waals surface area contributed by atoms with Crippen molar-refractivity contribution in [1.29, 1.82) is 0 Å². The van der Waals surface area contributed by atoms with Gasteiger partial charge in [0, 0.05) is 36.3 Å². The summed E-state index contributed by atoms with van der Waals surface area (Å²) in [6.45, 7) is 2.13. The summed E-state index contributed by atoms with van der Waals surface area (Å²) in [6.07, 6.45) is 16.5. The first-order valence-electron chi connectivity index (χ1n) is 12.2. The molecule has 0 bridgehead atoms. The Morgan fingerprint density at radius 2 is 1.97 bits per heavy atom. The Hall–Kier alpha value is -1.92. The third-order valence-electron chi connectivity index (χ3n) is 8.09. The van der Waals surface area contributed by atoms with Gasteiger partial charge in [-0.1, -0.05) is 42.5 Å². The van der Waals surface area contributed by atoms with Crippen LogP contribution in [-0.2, 0) is 6.42 Å². The van der Waals surface area contributed by atoms with Crippen LogP contribution in [0.15, 0.2) is 48.2 Å². The summed E-state index contributed by atoms with van der Waals surface area (Å²) in [6, 6.07) is 6.72. The average Bonchev–Trinajstić information content (AvgIpc) is 3.49. The second kappa shape index (κ2) is 8.79. The van der Waals surface area contributed by atoms with Gasteiger partial charge < -0.3 is 15.1 Å². The topological polar surface area (TPSA) is 59.0 Å². The molecule has 4 unspecified atom stereocenters. The van der Waals surface area contributed by atoms with Gasteiger partial charge in [0.15, 0.2) is 0 Å². The number of fused-ring (bicyclic) bond motifs is 1. The fourth-order valence-electron chi connectivity index (χ4n) is 5.82. The number of hydrogen-bond donors (Lipinski definition) is 3. The van der Waals surface area contributed by atoms with E-state index in [4.69, 9.17) is 0 Å². The maximum atomic E-state index is 11.0. The van der Waals surface area contributed by atoms with E-state index < -0.39 is 12.5 Å². The maximum Gasteiger partial charge on any atom is 0.131 e. The SMILES string of the molecule is CN(C)C(O)C1C=CC(N2CCC3(CC2)CC3NC(O)c2cccc3c2C=CCC3)=CC1. The van der Waals surface area contributed by atoms with Crippen LogP contribution < -0.4 is 5.32 Å². The van der Waals surface area contributed by atoms with Crippen molar-refractivity contribution in [3.63, 3.8) is 0 Å². The van der Waals surface area contributed by atoms with Gasteiger partial charge in [-0.15, -0.1) is 0 Å². The van der Waals surface area contributed by atoms with Crippen molar-refractivity contribution in [2.75, 3.05) is 27.2 Å². The third-order valence-corrected chi connectivity index (χ3v) is 8.09. The average molecular weight is 436 g/mol. The fourth-order valence-corrected chi connectivity index (χ4v) is 5.82. The highest BCUT2D eigenvalue weighted by atomic mass is 16.3. The van der Waals surface area contributed by atoms with Crippen molar-refractivity contribution >= 4 is 6.08 Å². The Morgan fingerprint density at radius 1 is 1.16 bits per heavy atom. The van der Waals surface area contributed by atoms with Gasteiger partial charge in [-0.2, -0.15) is 0 Å². The van der Waals surface area contributed by atoms with Crippen molar-refractivity contribution in [1.82, 2.24) is 15.1 Å². The van der Waals surface area contributed by atoms with Gasteiger partial charge in [-0.25, -0.2) is 0 Å². The quantitative estimate of drug-likeness (QED) is 0.598. The van der Waals surface area contributed by atoms with E-state index >= 15 is 0 Å². The standard InChI is InChI=1S/C27H37N3O2/c1-29(2)26(32)20-10-12-21(13-11-20)30-16-14-27(15-17-30)18-24(27)28-25(31)23-9-5-7-19-6-3-4-8-22(19)23/h4-5,7-10,12-13,20,24-26,28,31-32H,3,6,11,14-18H2,1-2H3. The summed E-state index contributed by atoms with van der Waals surface area (Å²) < 4.78 is 0. The number of nitrogens with zero attached hydrogens (tertiary/aromatic N) is 2. The van der Waals surface area contributed by atoms with E-state index in [0.29, 0.717) is 11.5 Å². The van der Waals surface area contributed by atoms with Gasteiger partial charge in [0.25, 0.3) is 0 Å². The maximum absolute atomic E-state index is 11.0. The number of nitrogens with one attached hydrogen (secondary N) is 1. The minimum Gasteiger partial charge on any atom is -0.378 e. The molecule has 172 valence electrons. The van der Waals surface area contributed by atoms with E-state index in [0.717, 1.165) is 44.3 Å². The van der Waals surface area contributed by atoms with Crippen LogP contribution in [0.5, 0.6) is 0 Å². The van der Waals surface area contributed by atoms with Crippen molar-refractivity contribution in [2.24, 2.45) is 11.3 Å². The zero-order chi connectivity index (χ0) is 22.3. The molecule has 5 rings (SSSR count). The summed E-state index contributed by atoms with van der Waals surface area (Å²) in [5, 5.41) is 24.8. The number of likely N-dealkylation sites (tertiary alicyclic amines) is 1. The monoisotopic (exact) mass is 435 g/mol. The van der Waals surface area contributed by atoms with Gasteiger partial charge in [0.1, 0.15) is 12.5 Å². The van der Waals surface area contributed by atoms with Gasteiger partial charge in [0.2, 0.25) is 0 Å². The highest BCUT2D eigenvalue weighted by Gasteiger charge is 2.55. The molecular formula is C27H37N3O2. The molecule has 0 radical (unpaired) electrons. The molecule has 0 amide bonds. The largest absolute Gasteiger partial charge is 0.378 e. The van der Waals surface area contributed by atoms with Crippen LogP contribution in [0.4, 0.5) is 0 Å². The van der Waals surface area contributed by atoms with Gasteiger partial charge >= 0.3 is 0 Å². The van der Waals surface area contributed by atoms with Crippen LogP contribution in [0.2, 0.25) is 0 Å². The second-order valence-corrected chi connectivity index (χ2v) is 10.3. The number of aliphatic hydroxyl groups excluding tert-OH is 2. The summed E-state index contributed by atoms with van der Waals surface area (Å²) in [5.74, 6) is 0.168. The summed E-state index contributed by atoms with van der Waals surface area (Å²) in [7, 11) is 3.84. The third kappa shape index (κ3) is 4.19. The van der Waals surface area contributed by atoms with Crippen LogP contribution in [0.3, 0.4) is 0 Å². The first-order chi connectivity index (χ1) is 15.5. The first-order valence-corrected chi connectivity index (χ1v) is 12.2. The molecule has 3 N–H and O–H groups in total. The fraction of sp³-hybridized carbons (Fsp3) is 0.556. The molecule has 1 saturated carbocycles. The normalized spacial score (nSPS) is 27.9.